The zero-order valence-corrected chi connectivity index (χ0v) is 15.1. The van der Waals surface area contributed by atoms with Crippen molar-refractivity contribution in [2.75, 3.05) is 13.2 Å². The summed E-state index contributed by atoms with van der Waals surface area (Å²) in [5.41, 5.74) is 2.36. The molecule has 0 unspecified atom stereocenters. The Labute approximate surface area is 136 Å². The van der Waals surface area contributed by atoms with Gasteiger partial charge in [-0.3, -0.25) is 4.90 Å². The molecule has 0 heterocycles. The number of ether oxygens (including phenoxy) is 1. The molecule has 0 bridgehead atoms. The van der Waals surface area contributed by atoms with Gasteiger partial charge >= 0.3 is 0 Å². The summed E-state index contributed by atoms with van der Waals surface area (Å²) in [7, 11) is 0. The molecule has 0 aliphatic heterocycles. The highest BCUT2D eigenvalue weighted by molar-refractivity contribution is 5.22. The first-order valence-corrected chi connectivity index (χ1v) is 8.33. The van der Waals surface area contributed by atoms with E-state index in [1.165, 1.54) is 11.1 Å². The van der Waals surface area contributed by atoms with Crippen LogP contribution in [0.4, 0.5) is 0 Å². The van der Waals surface area contributed by atoms with E-state index in [-0.39, 0.29) is 5.60 Å². The molecule has 0 amide bonds. The highest BCUT2D eigenvalue weighted by Gasteiger charge is 2.19. The van der Waals surface area contributed by atoms with Gasteiger partial charge in [0.2, 0.25) is 0 Å². The van der Waals surface area contributed by atoms with Crippen molar-refractivity contribution in [1.29, 1.82) is 0 Å². The zero-order valence-electron chi connectivity index (χ0n) is 15.1. The molecule has 3 nitrogen and oxygen atoms in total. The average molecular weight is 307 g/mol. The highest BCUT2D eigenvalue weighted by atomic mass is 16.5. The minimum atomic E-state index is -0.460. The maximum Gasteiger partial charge on any atom is 0.0900 e. The van der Waals surface area contributed by atoms with Crippen molar-refractivity contribution in [3.63, 3.8) is 0 Å². The number of nitrogens with zero attached hydrogens (tertiary/aromatic N) is 1. The van der Waals surface area contributed by atoms with Crippen LogP contribution in [-0.4, -0.2) is 40.9 Å². The van der Waals surface area contributed by atoms with Gasteiger partial charge in [0.15, 0.2) is 0 Å². The second kappa shape index (κ2) is 8.66. The molecule has 1 aromatic carbocycles. The Morgan fingerprint density at radius 1 is 1.27 bits per heavy atom. The Morgan fingerprint density at radius 3 is 2.50 bits per heavy atom. The van der Waals surface area contributed by atoms with E-state index in [0.717, 1.165) is 13.0 Å². The molecule has 0 saturated carbocycles. The second-order valence-electron chi connectivity index (χ2n) is 7.25. The third kappa shape index (κ3) is 7.39. The van der Waals surface area contributed by atoms with Crippen LogP contribution >= 0.6 is 0 Å². The Kier molecular flexibility index (Phi) is 7.54. The van der Waals surface area contributed by atoms with Gasteiger partial charge in [-0.15, -0.1) is 0 Å². The van der Waals surface area contributed by atoms with Crippen LogP contribution in [0.25, 0.3) is 0 Å². The standard InChI is InChI=1S/C19H33NO2/c1-7-16(3)20(12-17-10-8-9-15(2)11-17)13-18(21)14-22-19(4,5)6/h8-11,16,18,21H,7,12-14H2,1-6H3/t16-,18+/m1/s1. The molecule has 0 saturated heterocycles. The molecule has 0 fully saturated rings. The van der Waals surface area contributed by atoms with Crippen molar-refractivity contribution in [2.24, 2.45) is 0 Å². The number of hydrogen-bond donors (Lipinski definition) is 1. The predicted molar refractivity (Wildman–Crippen MR) is 93.1 cm³/mol. The second-order valence-corrected chi connectivity index (χ2v) is 7.25. The Hall–Kier alpha value is -0.900. The molecule has 0 aliphatic rings. The van der Waals surface area contributed by atoms with Gasteiger partial charge in [-0.05, 0) is 46.6 Å². The Morgan fingerprint density at radius 2 is 1.95 bits per heavy atom. The fourth-order valence-electron chi connectivity index (χ4n) is 2.37. The van der Waals surface area contributed by atoms with Crippen molar-refractivity contribution >= 4 is 0 Å². The minimum absolute atomic E-state index is 0.210. The smallest absolute Gasteiger partial charge is 0.0900 e. The van der Waals surface area contributed by atoms with Crippen LogP contribution in [0.3, 0.4) is 0 Å². The van der Waals surface area contributed by atoms with Crippen molar-refractivity contribution in [3.05, 3.63) is 35.4 Å². The predicted octanol–water partition coefficient (Wildman–Crippen LogP) is 3.77. The number of rotatable bonds is 8. The van der Waals surface area contributed by atoms with Crippen LogP contribution < -0.4 is 0 Å². The number of hydrogen-bond acceptors (Lipinski definition) is 3. The molecule has 0 radical (unpaired) electrons. The van der Waals surface area contributed by atoms with E-state index in [1.807, 2.05) is 20.8 Å². The van der Waals surface area contributed by atoms with Gasteiger partial charge in [-0.1, -0.05) is 36.8 Å². The van der Waals surface area contributed by atoms with Crippen LogP contribution in [0.1, 0.15) is 52.2 Å². The van der Waals surface area contributed by atoms with Gasteiger partial charge in [0.1, 0.15) is 0 Å². The number of aliphatic hydroxyl groups excluding tert-OH is 1. The van der Waals surface area contributed by atoms with Crippen molar-refractivity contribution in [2.45, 2.75) is 72.3 Å². The molecular formula is C19H33NO2. The fraction of sp³-hybridized carbons (Fsp3) is 0.684. The van der Waals surface area contributed by atoms with Gasteiger partial charge in [-0.2, -0.15) is 0 Å². The summed E-state index contributed by atoms with van der Waals surface area (Å²) in [6, 6.07) is 9.01. The largest absolute Gasteiger partial charge is 0.389 e. The van der Waals surface area contributed by atoms with Crippen LogP contribution in [0.2, 0.25) is 0 Å². The third-order valence-corrected chi connectivity index (χ3v) is 3.84. The van der Waals surface area contributed by atoms with Crippen molar-refractivity contribution in [3.8, 4) is 0 Å². The summed E-state index contributed by atoms with van der Waals surface area (Å²) in [6.07, 6.45) is 0.608. The lowest BCUT2D eigenvalue weighted by Crippen LogP contribution is -2.41. The topological polar surface area (TPSA) is 32.7 Å². The van der Waals surface area contributed by atoms with Gasteiger partial charge in [0.05, 0.1) is 18.3 Å². The zero-order chi connectivity index (χ0) is 16.8. The van der Waals surface area contributed by atoms with E-state index >= 15 is 0 Å². The number of aliphatic hydroxyl groups is 1. The van der Waals surface area contributed by atoms with Gasteiger partial charge in [-0.25, -0.2) is 0 Å². The highest BCUT2D eigenvalue weighted by Crippen LogP contribution is 2.14. The molecule has 0 aromatic heterocycles. The maximum absolute atomic E-state index is 10.3. The monoisotopic (exact) mass is 307 g/mol. The molecule has 1 N–H and O–H groups in total. The SMILES string of the molecule is CC[C@@H](C)N(Cc1cccc(C)c1)C[C@H](O)COC(C)(C)C. The first kappa shape index (κ1) is 19.1. The summed E-state index contributed by atoms with van der Waals surface area (Å²) in [4.78, 5) is 2.34. The van der Waals surface area contributed by atoms with Crippen molar-refractivity contribution in [1.82, 2.24) is 4.90 Å². The number of benzene rings is 1. The minimum Gasteiger partial charge on any atom is -0.389 e. The van der Waals surface area contributed by atoms with E-state index in [0.29, 0.717) is 19.2 Å². The van der Waals surface area contributed by atoms with Crippen molar-refractivity contribution < 1.29 is 9.84 Å². The van der Waals surface area contributed by atoms with Crippen LogP contribution in [-0.2, 0) is 11.3 Å². The average Bonchev–Trinajstić information content (AvgIpc) is 2.43. The molecule has 22 heavy (non-hydrogen) atoms. The third-order valence-electron chi connectivity index (χ3n) is 3.84. The van der Waals surface area contributed by atoms with E-state index in [9.17, 15) is 5.11 Å². The molecule has 0 aliphatic carbocycles. The molecule has 126 valence electrons. The molecule has 0 spiro atoms. The lowest BCUT2D eigenvalue weighted by molar-refractivity contribution is -0.0593. The molecule has 1 aromatic rings. The maximum atomic E-state index is 10.3. The Bertz CT molecular complexity index is 439. The van der Waals surface area contributed by atoms with E-state index in [2.05, 4.69) is 49.9 Å². The van der Waals surface area contributed by atoms with Gasteiger partial charge < -0.3 is 9.84 Å². The lowest BCUT2D eigenvalue weighted by Gasteiger charge is -2.31. The van der Waals surface area contributed by atoms with E-state index in [4.69, 9.17) is 4.74 Å². The van der Waals surface area contributed by atoms with Crippen LogP contribution in [0.5, 0.6) is 0 Å². The summed E-state index contributed by atoms with van der Waals surface area (Å²) < 4.78 is 5.70. The van der Waals surface area contributed by atoms with Crippen LogP contribution in [0, 0.1) is 6.92 Å². The quantitative estimate of drug-likeness (QED) is 0.793. The fourth-order valence-corrected chi connectivity index (χ4v) is 2.37. The van der Waals surface area contributed by atoms with Crippen LogP contribution in [0.15, 0.2) is 24.3 Å². The first-order valence-electron chi connectivity index (χ1n) is 8.33. The Balaban J connectivity index is 2.64. The summed E-state index contributed by atoms with van der Waals surface area (Å²) in [6.45, 7) is 14.4. The molecule has 1 rings (SSSR count). The summed E-state index contributed by atoms with van der Waals surface area (Å²) >= 11 is 0. The lowest BCUT2D eigenvalue weighted by atomic mass is 10.1. The normalized spacial score (nSPS) is 15.1. The summed E-state index contributed by atoms with van der Waals surface area (Å²) in [5.74, 6) is 0. The molecule has 2 atom stereocenters. The first-order chi connectivity index (χ1) is 10.2. The number of aryl methyl sites for hydroxylation is 1. The van der Waals surface area contributed by atoms with E-state index < -0.39 is 6.10 Å². The van der Waals surface area contributed by atoms with E-state index in [1.54, 1.807) is 0 Å². The molecule has 3 heteroatoms. The molecular weight excluding hydrogens is 274 g/mol. The van der Waals surface area contributed by atoms with Gasteiger partial charge in [0, 0.05) is 19.1 Å². The van der Waals surface area contributed by atoms with Gasteiger partial charge in [0.25, 0.3) is 0 Å². The summed E-state index contributed by atoms with van der Waals surface area (Å²) in [5, 5.41) is 10.3.